The molecule has 6 nitrogen and oxygen atoms in total. The molecule has 114 valence electrons. The molecule has 0 atom stereocenters. The van der Waals surface area contributed by atoms with E-state index in [2.05, 4.69) is 0 Å². The van der Waals surface area contributed by atoms with Crippen molar-refractivity contribution in [2.45, 2.75) is 44.6 Å². The van der Waals surface area contributed by atoms with Crippen molar-refractivity contribution in [2.24, 2.45) is 5.92 Å². The Morgan fingerprint density at radius 2 is 1.60 bits per heavy atom. The molecule has 1 saturated heterocycles. The van der Waals surface area contributed by atoms with E-state index in [1.165, 1.54) is 4.90 Å². The molecule has 0 spiro atoms. The maximum Gasteiger partial charge on any atom is 0.407 e. The number of nitrogens with zero attached hydrogens (tertiary/aromatic N) is 2. The van der Waals surface area contributed by atoms with Crippen LogP contribution in [-0.2, 0) is 4.79 Å². The Hall–Kier alpha value is -1.30. The van der Waals surface area contributed by atoms with Crippen molar-refractivity contribution in [1.82, 2.24) is 9.80 Å². The lowest BCUT2D eigenvalue weighted by Gasteiger charge is -2.34. The molecule has 0 aromatic heterocycles. The third-order valence-electron chi connectivity index (χ3n) is 4.49. The van der Waals surface area contributed by atoms with Gasteiger partial charge in [-0.15, -0.1) is 0 Å². The zero-order chi connectivity index (χ0) is 14.8. The van der Waals surface area contributed by atoms with Gasteiger partial charge in [0.15, 0.2) is 0 Å². The minimum atomic E-state index is -0.909. The lowest BCUT2D eigenvalue weighted by atomic mass is 9.79. The minimum Gasteiger partial charge on any atom is -0.465 e. The SMILES string of the molecule is CC1(O)CCC(C(=O)N2CCCN(C(=O)O)CC2)CC1. The summed E-state index contributed by atoms with van der Waals surface area (Å²) in [6, 6.07) is 0. The molecule has 0 aromatic carbocycles. The van der Waals surface area contributed by atoms with E-state index in [0.29, 0.717) is 45.4 Å². The predicted octanol–water partition coefficient (Wildman–Crippen LogP) is 1.14. The van der Waals surface area contributed by atoms with Gasteiger partial charge in [0.05, 0.1) is 5.60 Å². The number of aliphatic hydroxyl groups is 1. The molecule has 20 heavy (non-hydrogen) atoms. The van der Waals surface area contributed by atoms with E-state index in [-0.39, 0.29) is 11.8 Å². The highest BCUT2D eigenvalue weighted by Crippen LogP contribution is 2.32. The van der Waals surface area contributed by atoms with E-state index in [1.54, 1.807) is 4.90 Å². The first-order valence-corrected chi connectivity index (χ1v) is 7.38. The van der Waals surface area contributed by atoms with Crippen molar-refractivity contribution >= 4 is 12.0 Å². The maximum atomic E-state index is 12.5. The highest BCUT2D eigenvalue weighted by molar-refractivity contribution is 5.79. The van der Waals surface area contributed by atoms with E-state index < -0.39 is 11.7 Å². The van der Waals surface area contributed by atoms with Crippen LogP contribution in [0.4, 0.5) is 4.79 Å². The normalized spacial score (nSPS) is 31.8. The second-order valence-electron chi connectivity index (χ2n) is 6.22. The summed E-state index contributed by atoms with van der Waals surface area (Å²) in [6.45, 7) is 3.84. The van der Waals surface area contributed by atoms with Gasteiger partial charge in [-0.25, -0.2) is 4.79 Å². The topological polar surface area (TPSA) is 81.1 Å². The van der Waals surface area contributed by atoms with Gasteiger partial charge in [0.25, 0.3) is 0 Å². The zero-order valence-corrected chi connectivity index (χ0v) is 12.0. The Kier molecular flexibility index (Phi) is 4.52. The molecule has 0 aromatic rings. The highest BCUT2D eigenvalue weighted by Gasteiger charge is 2.34. The third kappa shape index (κ3) is 3.62. The first-order valence-electron chi connectivity index (χ1n) is 7.38. The first-order chi connectivity index (χ1) is 9.39. The molecular weight excluding hydrogens is 260 g/mol. The maximum absolute atomic E-state index is 12.5. The molecule has 1 heterocycles. The molecule has 1 saturated carbocycles. The summed E-state index contributed by atoms with van der Waals surface area (Å²) < 4.78 is 0. The van der Waals surface area contributed by atoms with Crippen molar-refractivity contribution in [3.05, 3.63) is 0 Å². The molecule has 0 unspecified atom stereocenters. The fraction of sp³-hybridized carbons (Fsp3) is 0.857. The first kappa shape index (κ1) is 15.1. The summed E-state index contributed by atoms with van der Waals surface area (Å²) in [5.41, 5.74) is -0.629. The Bertz CT molecular complexity index is 373. The minimum absolute atomic E-state index is 0.00777. The highest BCUT2D eigenvalue weighted by atomic mass is 16.4. The van der Waals surface area contributed by atoms with Crippen LogP contribution >= 0.6 is 0 Å². The Morgan fingerprint density at radius 1 is 1.05 bits per heavy atom. The van der Waals surface area contributed by atoms with E-state index in [9.17, 15) is 14.7 Å². The molecule has 2 aliphatic rings. The van der Waals surface area contributed by atoms with Crippen LogP contribution in [0.5, 0.6) is 0 Å². The van der Waals surface area contributed by atoms with E-state index in [4.69, 9.17) is 5.11 Å². The lowest BCUT2D eigenvalue weighted by molar-refractivity contribution is -0.138. The van der Waals surface area contributed by atoms with Crippen molar-refractivity contribution < 1.29 is 19.8 Å². The molecule has 0 radical (unpaired) electrons. The van der Waals surface area contributed by atoms with Crippen LogP contribution in [0.2, 0.25) is 0 Å². The van der Waals surface area contributed by atoms with Crippen LogP contribution in [0.15, 0.2) is 0 Å². The molecule has 2 amide bonds. The molecule has 1 aliphatic heterocycles. The number of carbonyl (C=O) groups excluding carboxylic acids is 1. The third-order valence-corrected chi connectivity index (χ3v) is 4.49. The van der Waals surface area contributed by atoms with Crippen molar-refractivity contribution in [2.75, 3.05) is 26.2 Å². The fourth-order valence-electron chi connectivity index (χ4n) is 3.07. The average molecular weight is 284 g/mol. The van der Waals surface area contributed by atoms with Gasteiger partial charge in [0, 0.05) is 32.1 Å². The van der Waals surface area contributed by atoms with E-state index >= 15 is 0 Å². The van der Waals surface area contributed by atoms with E-state index in [1.807, 2.05) is 6.92 Å². The van der Waals surface area contributed by atoms with Gasteiger partial charge in [-0.2, -0.15) is 0 Å². The summed E-state index contributed by atoms with van der Waals surface area (Å²) in [5.74, 6) is 0.124. The summed E-state index contributed by atoms with van der Waals surface area (Å²) in [7, 11) is 0. The Morgan fingerprint density at radius 3 is 2.20 bits per heavy atom. The van der Waals surface area contributed by atoms with Gasteiger partial charge >= 0.3 is 6.09 Å². The second-order valence-corrected chi connectivity index (χ2v) is 6.22. The van der Waals surface area contributed by atoms with Crippen molar-refractivity contribution in [1.29, 1.82) is 0 Å². The van der Waals surface area contributed by atoms with Crippen LogP contribution in [0.3, 0.4) is 0 Å². The summed E-state index contributed by atoms with van der Waals surface area (Å²) in [6.07, 6.45) is 2.57. The van der Waals surface area contributed by atoms with Crippen LogP contribution in [0.1, 0.15) is 39.0 Å². The molecule has 1 aliphatic carbocycles. The Balaban J connectivity index is 1.88. The van der Waals surface area contributed by atoms with Crippen molar-refractivity contribution in [3.63, 3.8) is 0 Å². The van der Waals surface area contributed by atoms with Gasteiger partial charge in [0.2, 0.25) is 5.91 Å². The fourth-order valence-corrected chi connectivity index (χ4v) is 3.07. The molecule has 6 heteroatoms. The van der Waals surface area contributed by atoms with Gasteiger partial charge in [-0.05, 0) is 39.0 Å². The van der Waals surface area contributed by atoms with Crippen LogP contribution in [0.25, 0.3) is 0 Å². The molecule has 2 rings (SSSR count). The predicted molar refractivity (Wildman–Crippen MR) is 73.4 cm³/mol. The zero-order valence-electron chi connectivity index (χ0n) is 12.0. The quantitative estimate of drug-likeness (QED) is 0.756. The molecule has 0 bridgehead atoms. The molecule has 2 fully saturated rings. The van der Waals surface area contributed by atoms with Crippen molar-refractivity contribution in [3.8, 4) is 0 Å². The van der Waals surface area contributed by atoms with Gasteiger partial charge in [-0.1, -0.05) is 0 Å². The van der Waals surface area contributed by atoms with E-state index in [0.717, 1.165) is 12.8 Å². The molecular formula is C14H24N2O4. The van der Waals surface area contributed by atoms with Gasteiger partial charge < -0.3 is 20.0 Å². The standard InChI is InChI=1S/C14H24N2O4/c1-14(20)5-3-11(4-6-14)12(17)15-7-2-8-16(10-9-15)13(18)19/h11,20H,2-10H2,1H3,(H,18,19). The Labute approximate surface area is 119 Å². The number of rotatable bonds is 1. The monoisotopic (exact) mass is 284 g/mol. The average Bonchev–Trinajstić information content (AvgIpc) is 2.63. The summed E-state index contributed by atoms with van der Waals surface area (Å²) in [4.78, 5) is 26.6. The largest absolute Gasteiger partial charge is 0.465 e. The summed E-state index contributed by atoms with van der Waals surface area (Å²) >= 11 is 0. The number of amides is 2. The van der Waals surface area contributed by atoms with Gasteiger partial charge in [0.1, 0.15) is 0 Å². The van der Waals surface area contributed by atoms with Crippen LogP contribution < -0.4 is 0 Å². The number of hydrogen-bond acceptors (Lipinski definition) is 3. The number of hydrogen-bond donors (Lipinski definition) is 2. The summed E-state index contributed by atoms with van der Waals surface area (Å²) in [5, 5.41) is 18.9. The van der Waals surface area contributed by atoms with Crippen LogP contribution in [-0.4, -0.2) is 63.8 Å². The smallest absolute Gasteiger partial charge is 0.407 e. The lowest BCUT2D eigenvalue weighted by Crippen LogP contribution is -2.42. The number of carbonyl (C=O) groups is 2. The second kappa shape index (κ2) is 5.99. The molecule has 2 N–H and O–H groups in total. The number of carboxylic acid groups (broad SMARTS) is 1. The van der Waals surface area contributed by atoms with Gasteiger partial charge in [-0.3, -0.25) is 4.79 Å². The van der Waals surface area contributed by atoms with Crippen LogP contribution in [0, 0.1) is 5.92 Å².